The summed E-state index contributed by atoms with van der Waals surface area (Å²) in [6, 6.07) is 18.4. The smallest absolute Gasteiger partial charge is 0.260 e. The van der Waals surface area contributed by atoms with Crippen LogP contribution in [0, 0.1) is 0 Å². The van der Waals surface area contributed by atoms with Crippen LogP contribution in [0.5, 0.6) is 23.0 Å². The lowest BCUT2D eigenvalue weighted by Crippen LogP contribution is -2.57. The minimum atomic E-state index is 0.00974. The van der Waals surface area contributed by atoms with Crippen LogP contribution in [0.2, 0.25) is 0 Å². The zero-order chi connectivity index (χ0) is 21.8. The molecule has 0 bridgehead atoms. The fourth-order valence-corrected chi connectivity index (χ4v) is 4.64. The molecule has 6 nitrogen and oxygen atoms in total. The maximum absolute atomic E-state index is 6.35. The van der Waals surface area contributed by atoms with E-state index in [-0.39, 0.29) is 6.71 Å². The monoisotopic (exact) mass is 426 g/mol. The Kier molecular flexibility index (Phi) is 3.84. The molecule has 33 heavy (non-hydrogen) atoms. The Hall–Kier alpha value is -4.52. The van der Waals surface area contributed by atoms with Crippen molar-refractivity contribution in [3.8, 4) is 45.5 Å². The van der Waals surface area contributed by atoms with Crippen molar-refractivity contribution in [2.75, 3.05) is 0 Å². The molecule has 2 aliphatic rings. The van der Waals surface area contributed by atoms with E-state index in [2.05, 4.69) is 44.2 Å². The molecule has 5 aromatic rings. The molecule has 0 saturated carbocycles. The number of benzene rings is 3. The number of rotatable bonds is 2. The van der Waals surface area contributed by atoms with Gasteiger partial charge < -0.3 is 9.47 Å². The number of aromatic nitrogens is 4. The highest BCUT2D eigenvalue weighted by Gasteiger charge is 2.40. The minimum absolute atomic E-state index is 0.00974. The highest BCUT2D eigenvalue weighted by atomic mass is 16.5. The van der Waals surface area contributed by atoms with Gasteiger partial charge in [0.2, 0.25) is 0 Å². The van der Waals surface area contributed by atoms with Gasteiger partial charge in [-0.15, -0.1) is 0 Å². The second-order valence-electron chi connectivity index (χ2n) is 7.99. The molecule has 3 aromatic carbocycles. The van der Waals surface area contributed by atoms with Crippen LogP contribution in [0.25, 0.3) is 22.5 Å². The van der Waals surface area contributed by atoms with Crippen molar-refractivity contribution in [2.24, 2.45) is 0 Å². The van der Waals surface area contributed by atoms with Gasteiger partial charge in [0.1, 0.15) is 23.0 Å². The summed E-state index contributed by atoms with van der Waals surface area (Å²) in [5.74, 6) is 3.26. The summed E-state index contributed by atoms with van der Waals surface area (Å²) < 4.78 is 12.7. The summed E-state index contributed by atoms with van der Waals surface area (Å²) >= 11 is 0. The van der Waals surface area contributed by atoms with E-state index < -0.39 is 0 Å². The quantitative estimate of drug-likeness (QED) is 0.395. The molecule has 2 aliphatic heterocycles. The van der Waals surface area contributed by atoms with Gasteiger partial charge in [-0.3, -0.25) is 19.9 Å². The second-order valence-corrected chi connectivity index (χ2v) is 7.99. The Morgan fingerprint density at radius 1 is 0.576 bits per heavy atom. The first kappa shape index (κ1) is 18.1. The zero-order valence-electron chi connectivity index (χ0n) is 17.3. The van der Waals surface area contributed by atoms with E-state index in [1.54, 1.807) is 37.2 Å². The predicted octanol–water partition coefficient (Wildman–Crippen LogP) is 3.33. The molecule has 7 heteroatoms. The number of ether oxygens (including phenoxy) is 2. The van der Waals surface area contributed by atoms with Crippen LogP contribution in [-0.2, 0) is 0 Å². The van der Waals surface area contributed by atoms with Gasteiger partial charge in [0.15, 0.2) is 0 Å². The molecule has 0 amide bonds. The minimum Gasteiger partial charge on any atom is -0.458 e. The Balaban J connectivity index is 1.40. The first-order valence-corrected chi connectivity index (χ1v) is 10.6. The lowest BCUT2D eigenvalue weighted by Gasteiger charge is -2.33. The van der Waals surface area contributed by atoms with Crippen molar-refractivity contribution in [1.82, 2.24) is 19.9 Å². The van der Waals surface area contributed by atoms with Gasteiger partial charge in [-0.1, -0.05) is 30.3 Å². The summed E-state index contributed by atoms with van der Waals surface area (Å²) in [5.41, 5.74) is 6.79. The van der Waals surface area contributed by atoms with Gasteiger partial charge >= 0.3 is 0 Å². The average molecular weight is 426 g/mol. The van der Waals surface area contributed by atoms with Crippen molar-refractivity contribution in [2.45, 2.75) is 0 Å². The first-order valence-electron chi connectivity index (χ1n) is 10.6. The number of hydrogen-bond donors (Lipinski definition) is 0. The molecular weight excluding hydrogens is 411 g/mol. The lowest BCUT2D eigenvalue weighted by atomic mass is 9.35. The maximum Gasteiger partial charge on any atom is 0.260 e. The van der Waals surface area contributed by atoms with Gasteiger partial charge in [0, 0.05) is 41.4 Å². The summed E-state index contributed by atoms with van der Waals surface area (Å²) in [7, 11) is 0. The molecule has 0 saturated heterocycles. The summed E-state index contributed by atoms with van der Waals surface area (Å²) in [5, 5.41) is 0. The standard InChI is InChI=1S/C26H15BN4O2/c1-2-22-26-23(3-1)33-25-13-17(21-15-29-9-11-31-21)5-7-19(25)27(26)18-6-4-16(12-24(18)32-22)20-14-28-8-10-30-20/h1-15H. The van der Waals surface area contributed by atoms with Gasteiger partial charge in [-0.2, -0.15) is 0 Å². The second kappa shape index (κ2) is 7.00. The van der Waals surface area contributed by atoms with Gasteiger partial charge in [-0.05, 0) is 35.2 Å². The molecule has 154 valence electrons. The normalized spacial score (nSPS) is 12.7. The third kappa shape index (κ3) is 2.83. The van der Waals surface area contributed by atoms with Crippen LogP contribution in [0.4, 0.5) is 0 Å². The molecule has 7 rings (SSSR count). The fourth-order valence-electron chi connectivity index (χ4n) is 4.64. The van der Waals surface area contributed by atoms with Crippen molar-refractivity contribution in [1.29, 1.82) is 0 Å². The van der Waals surface area contributed by atoms with Crippen molar-refractivity contribution >= 4 is 23.1 Å². The van der Waals surface area contributed by atoms with Crippen molar-refractivity contribution < 1.29 is 9.47 Å². The van der Waals surface area contributed by atoms with Crippen LogP contribution in [0.3, 0.4) is 0 Å². The molecular formula is C26H15BN4O2. The van der Waals surface area contributed by atoms with Gasteiger partial charge in [0.05, 0.1) is 23.8 Å². The Bertz CT molecular complexity index is 1420. The van der Waals surface area contributed by atoms with E-state index >= 15 is 0 Å². The molecule has 0 radical (unpaired) electrons. The molecule has 0 unspecified atom stereocenters. The number of nitrogens with zero attached hydrogens (tertiary/aromatic N) is 4. The van der Waals surface area contributed by atoms with E-state index in [9.17, 15) is 0 Å². The molecule has 0 atom stereocenters. The lowest BCUT2D eigenvalue weighted by molar-refractivity contribution is 0.464. The first-order chi connectivity index (χ1) is 16.3. The van der Waals surface area contributed by atoms with E-state index in [1.165, 1.54) is 0 Å². The van der Waals surface area contributed by atoms with Crippen LogP contribution in [-0.4, -0.2) is 26.6 Å². The topological polar surface area (TPSA) is 70.0 Å². The SMILES string of the molecule is c1cc2c3c(c1)Oc1cc(-c4cnccn4)ccc1B3c1ccc(-c3cnccn3)cc1O2. The zero-order valence-corrected chi connectivity index (χ0v) is 17.3. The van der Waals surface area contributed by atoms with E-state index in [0.29, 0.717) is 0 Å². The van der Waals surface area contributed by atoms with E-state index in [0.717, 1.165) is 61.9 Å². The molecule has 0 aliphatic carbocycles. The van der Waals surface area contributed by atoms with Gasteiger partial charge in [-0.25, -0.2) is 0 Å². The van der Waals surface area contributed by atoms with Crippen LogP contribution >= 0.6 is 0 Å². The van der Waals surface area contributed by atoms with Crippen molar-refractivity contribution in [3.63, 3.8) is 0 Å². The molecule has 0 fully saturated rings. The third-order valence-corrected chi connectivity index (χ3v) is 6.12. The highest BCUT2D eigenvalue weighted by Crippen LogP contribution is 2.36. The van der Waals surface area contributed by atoms with E-state index in [4.69, 9.17) is 9.47 Å². The Morgan fingerprint density at radius 3 is 1.61 bits per heavy atom. The maximum atomic E-state index is 6.35. The van der Waals surface area contributed by atoms with Crippen LogP contribution < -0.4 is 25.9 Å². The Morgan fingerprint density at radius 2 is 1.12 bits per heavy atom. The summed E-state index contributed by atoms with van der Waals surface area (Å²) in [4.78, 5) is 17.3. The number of fused-ring (bicyclic) bond motifs is 4. The van der Waals surface area contributed by atoms with Crippen LogP contribution in [0.15, 0.2) is 91.8 Å². The number of hydrogen-bond acceptors (Lipinski definition) is 6. The summed E-state index contributed by atoms with van der Waals surface area (Å²) in [6.45, 7) is 0.00974. The Labute approximate surface area is 190 Å². The molecule has 0 spiro atoms. The van der Waals surface area contributed by atoms with Crippen LogP contribution in [0.1, 0.15) is 0 Å². The molecule has 0 N–H and O–H groups in total. The average Bonchev–Trinajstić information content (AvgIpc) is 2.89. The fraction of sp³-hybridized carbons (Fsp3) is 0. The van der Waals surface area contributed by atoms with E-state index in [1.807, 2.05) is 30.3 Å². The molecule has 2 aromatic heterocycles. The van der Waals surface area contributed by atoms with Gasteiger partial charge in [0.25, 0.3) is 6.71 Å². The molecule has 4 heterocycles. The highest BCUT2D eigenvalue weighted by molar-refractivity contribution is 6.98. The summed E-state index contributed by atoms with van der Waals surface area (Å²) in [6.07, 6.45) is 10.2. The van der Waals surface area contributed by atoms with Crippen molar-refractivity contribution in [3.05, 3.63) is 91.8 Å². The third-order valence-electron chi connectivity index (χ3n) is 6.12. The largest absolute Gasteiger partial charge is 0.458 e. The predicted molar refractivity (Wildman–Crippen MR) is 126 cm³/mol.